The highest BCUT2D eigenvalue weighted by Gasteiger charge is 2.39. The lowest BCUT2D eigenvalue weighted by Crippen LogP contribution is -2.52. The van der Waals surface area contributed by atoms with Crippen LogP contribution in [-0.2, 0) is 21.0 Å². The molecule has 1 saturated heterocycles. The van der Waals surface area contributed by atoms with Crippen molar-refractivity contribution in [1.29, 1.82) is 0 Å². The second-order valence-corrected chi connectivity index (χ2v) is 8.32. The van der Waals surface area contributed by atoms with E-state index in [0.29, 0.717) is 12.8 Å². The number of amides is 1. The highest BCUT2D eigenvalue weighted by molar-refractivity contribution is 7.89. The minimum Gasteiger partial charge on any atom is -0.352 e. The maximum atomic E-state index is 12.8. The SMILES string of the molecule is O=C(NC1CC1)C1CCCCN1S(=O)(=O)c1ccc(C(F)(F)F)cc1. The number of rotatable bonds is 4. The number of alkyl halides is 3. The van der Waals surface area contributed by atoms with E-state index in [1.54, 1.807) is 0 Å². The third-order valence-electron chi connectivity index (χ3n) is 4.47. The van der Waals surface area contributed by atoms with Crippen LogP contribution in [0, 0.1) is 0 Å². The second kappa shape index (κ2) is 6.60. The van der Waals surface area contributed by atoms with Gasteiger partial charge in [0.15, 0.2) is 0 Å². The first-order chi connectivity index (χ1) is 11.7. The summed E-state index contributed by atoms with van der Waals surface area (Å²) >= 11 is 0. The minimum absolute atomic E-state index is 0.116. The molecule has 1 N–H and O–H groups in total. The third-order valence-corrected chi connectivity index (χ3v) is 6.39. The molecule has 1 atom stereocenters. The minimum atomic E-state index is -4.53. The Balaban J connectivity index is 1.84. The van der Waals surface area contributed by atoms with Gasteiger partial charge in [0.2, 0.25) is 15.9 Å². The number of nitrogens with one attached hydrogen (secondary N) is 1. The molecule has 0 aromatic heterocycles. The van der Waals surface area contributed by atoms with Crippen LogP contribution in [0.15, 0.2) is 29.2 Å². The number of piperidine rings is 1. The highest BCUT2D eigenvalue weighted by atomic mass is 32.2. The van der Waals surface area contributed by atoms with Crippen molar-refractivity contribution in [2.45, 2.75) is 55.3 Å². The standard InChI is InChI=1S/C16H19F3N2O3S/c17-16(18,19)11-4-8-13(9-5-11)25(23,24)21-10-2-1-3-14(21)15(22)20-12-6-7-12/h4-5,8-9,12,14H,1-3,6-7,10H2,(H,20,22). The fourth-order valence-electron chi connectivity index (χ4n) is 2.93. The van der Waals surface area contributed by atoms with Crippen LogP contribution in [0.1, 0.15) is 37.7 Å². The van der Waals surface area contributed by atoms with E-state index < -0.39 is 27.8 Å². The molecule has 1 aromatic carbocycles. The van der Waals surface area contributed by atoms with Crippen molar-refractivity contribution in [3.05, 3.63) is 29.8 Å². The Labute approximate surface area is 144 Å². The fraction of sp³-hybridized carbons (Fsp3) is 0.562. The maximum Gasteiger partial charge on any atom is 0.416 e. The zero-order valence-corrected chi connectivity index (χ0v) is 14.2. The molecule has 2 aliphatic rings. The topological polar surface area (TPSA) is 66.5 Å². The van der Waals surface area contributed by atoms with Gasteiger partial charge in [0.05, 0.1) is 10.5 Å². The van der Waals surface area contributed by atoms with Gasteiger partial charge in [-0.25, -0.2) is 8.42 Å². The smallest absolute Gasteiger partial charge is 0.352 e. The molecule has 1 aliphatic carbocycles. The normalized spacial score (nSPS) is 22.6. The Morgan fingerprint density at radius 2 is 1.72 bits per heavy atom. The number of hydrogen-bond acceptors (Lipinski definition) is 3. The summed E-state index contributed by atoms with van der Waals surface area (Å²) in [5, 5.41) is 2.81. The summed E-state index contributed by atoms with van der Waals surface area (Å²) in [6, 6.07) is 2.70. The van der Waals surface area contributed by atoms with E-state index in [9.17, 15) is 26.4 Å². The lowest BCUT2D eigenvalue weighted by atomic mass is 10.0. The van der Waals surface area contributed by atoms with Crippen molar-refractivity contribution in [3.8, 4) is 0 Å². The van der Waals surface area contributed by atoms with E-state index in [0.717, 1.165) is 47.8 Å². The fourth-order valence-corrected chi connectivity index (χ4v) is 4.59. The number of sulfonamides is 1. The molecule has 138 valence electrons. The molecule has 5 nitrogen and oxygen atoms in total. The van der Waals surface area contributed by atoms with Gasteiger partial charge in [-0.05, 0) is 49.9 Å². The number of carbonyl (C=O) groups is 1. The van der Waals surface area contributed by atoms with Crippen LogP contribution < -0.4 is 5.32 Å². The molecule has 1 saturated carbocycles. The van der Waals surface area contributed by atoms with Gasteiger partial charge < -0.3 is 5.32 Å². The summed E-state index contributed by atoms with van der Waals surface area (Å²) in [6.45, 7) is 0.187. The van der Waals surface area contributed by atoms with E-state index in [4.69, 9.17) is 0 Å². The molecule has 1 heterocycles. The van der Waals surface area contributed by atoms with Crippen LogP contribution >= 0.6 is 0 Å². The van der Waals surface area contributed by atoms with E-state index in [2.05, 4.69) is 5.32 Å². The number of carbonyl (C=O) groups excluding carboxylic acids is 1. The predicted octanol–water partition coefficient (Wildman–Crippen LogP) is 2.53. The molecule has 0 bridgehead atoms. The molecule has 1 amide bonds. The van der Waals surface area contributed by atoms with Gasteiger partial charge in [-0.3, -0.25) is 4.79 Å². The number of halogens is 3. The molecule has 2 fully saturated rings. The zero-order valence-electron chi connectivity index (χ0n) is 13.4. The van der Waals surface area contributed by atoms with E-state index in [-0.39, 0.29) is 23.4 Å². The molecule has 9 heteroatoms. The first-order valence-electron chi connectivity index (χ1n) is 8.19. The molecule has 0 spiro atoms. The monoisotopic (exact) mass is 376 g/mol. The Hall–Kier alpha value is -1.61. The second-order valence-electron chi connectivity index (χ2n) is 6.43. The molecule has 1 unspecified atom stereocenters. The van der Waals surface area contributed by atoms with Crippen molar-refractivity contribution in [3.63, 3.8) is 0 Å². The van der Waals surface area contributed by atoms with E-state index >= 15 is 0 Å². The number of benzene rings is 1. The molecule has 0 radical (unpaired) electrons. The predicted molar refractivity (Wildman–Crippen MR) is 84.1 cm³/mol. The number of nitrogens with zero attached hydrogens (tertiary/aromatic N) is 1. The van der Waals surface area contributed by atoms with Crippen LogP contribution in [0.5, 0.6) is 0 Å². The molecule has 1 aromatic rings. The lowest BCUT2D eigenvalue weighted by molar-refractivity contribution is -0.137. The molecular weight excluding hydrogens is 357 g/mol. The van der Waals surface area contributed by atoms with Gasteiger partial charge in [-0.15, -0.1) is 0 Å². The summed E-state index contributed by atoms with van der Waals surface area (Å²) in [6.07, 6.45) is -0.971. The summed E-state index contributed by atoms with van der Waals surface area (Å²) in [4.78, 5) is 12.1. The summed E-state index contributed by atoms with van der Waals surface area (Å²) in [7, 11) is -4.03. The third kappa shape index (κ3) is 3.98. The first kappa shape index (κ1) is 18.2. The Bertz CT molecular complexity index is 743. The van der Waals surface area contributed by atoms with Crippen molar-refractivity contribution in [2.24, 2.45) is 0 Å². The van der Waals surface area contributed by atoms with Crippen LogP contribution in [0.2, 0.25) is 0 Å². The van der Waals surface area contributed by atoms with Gasteiger partial charge in [0, 0.05) is 12.6 Å². The first-order valence-corrected chi connectivity index (χ1v) is 9.63. The van der Waals surface area contributed by atoms with E-state index in [1.165, 1.54) is 0 Å². The largest absolute Gasteiger partial charge is 0.416 e. The lowest BCUT2D eigenvalue weighted by Gasteiger charge is -2.33. The van der Waals surface area contributed by atoms with Crippen molar-refractivity contribution >= 4 is 15.9 Å². The average molecular weight is 376 g/mol. The van der Waals surface area contributed by atoms with Gasteiger partial charge in [-0.2, -0.15) is 17.5 Å². The highest BCUT2D eigenvalue weighted by Crippen LogP contribution is 2.31. The molecule has 3 rings (SSSR count). The average Bonchev–Trinajstić information content (AvgIpc) is 3.38. The van der Waals surface area contributed by atoms with Gasteiger partial charge in [-0.1, -0.05) is 6.42 Å². The van der Waals surface area contributed by atoms with Crippen LogP contribution in [0.25, 0.3) is 0 Å². The van der Waals surface area contributed by atoms with Gasteiger partial charge in [0.25, 0.3) is 0 Å². The quantitative estimate of drug-likeness (QED) is 0.878. The summed E-state index contributed by atoms with van der Waals surface area (Å²) < 4.78 is 64.7. The van der Waals surface area contributed by atoms with Crippen molar-refractivity contribution in [2.75, 3.05) is 6.54 Å². The van der Waals surface area contributed by atoms with Crippen molar-refractivity contribution < 1.29 is 26.4 Å². The molecule has 25 heavy (non-hydrogen) atoms. The van der Waals surface area contributed by atoms with Crippen LogP contribution in [0.4, 0.5) is 13.2 Å². The van der Waals surface area contributed by atoms with Gasteiger partial charge >= 0.3 is 6.18 Å². The Kier molecular flexibility index (Phi) is 4.80. The van der Waals surface area contributed by atoms with Crippen LogP contribution in [0.3, 0.4) is 0 Å². The Morgan fingerprint density at radius 3 is 2.28 bits per heavy atom. The zero-order chi connectivity index (χ0) is 18.2. The number of hydrogen-bond donors (Lipinski definition) is 1. The van der Waals surface area contributed by atoms with E-state index in [1.807, 2.05) is 0 Å². The van der Waals surface area contributed by atoms with Gasteiger partial charge in [0.1, 0.15) is 6.04 Å². The summed E-state index contributed by atoms with van der Waals surface area (Å²) in [5.74, 6) is -0.322. The van der Waals surface area contributed by atoms with Crippen LogP contribution in [-0.4, -0.2) is 37.3 Å². The molecule has 1 aliphatic heterocycles. The summed E-state index contributed by atoms with van der Waals surface area (Å²) in [5.41, 5.74) is -0.909. The maximum absolute atomic E-state index is 12.8. The Morgan fingerprint density at radius 1 is 1.08 bits per heavy atom. The molecular formula is C16H19F3N2O3S. The van der Waals surface area contributed by atoms with Crippen molar-refractivity contribution in [1.82, 2.24) is 9.62 Å².